The summed E-state index contributed by atoms with van der Waals surface area (Å²) in [6.07, 6.45) is 0.000370. The summed E-state index contributed by atoms with van der Waals surface area (Å²) in [4.78, 5) is 3.53. The second kappa shape index (κ2) is 4.77. The summed E-state index contributed by atoms with van der Waals surface area (Å²) in [7, 11) is 0. The summed E-state index contributed by atoms with van der Waals surface area (Å²) >= 11 is 1.50. The van der Waals surface area contributed by atoms with Gasteiger partial charge in [0, 0.05) is 16.3 Å². The molecule has 1 unspecified atom stereocenters. The van der Waals surface area contributed by atoms with Crippen LogP contribution in [-0.2, 0) is 0 Å². The van der Waals surface area contributed by atoms with Crippen LogP contribution >= 0.6 is 11.3 Å². The third-order valence-electron chi connectivity index (χ3n) is 1.44. The van der Waals surface area contributed by atoms with Gasteiger partial charge in [0.1, 0.15) is 0 Å². The lowest BCUT2D eigenvalue weighted by atomic mass is 10.2. The van der Waals surface area contributed by atoms with Gasteiger partial charge < -0.3 is 5.11 Å². The number of nitrogens with zero attached hydrogens (tertiary/aromatic N) is 3. The molecular weight excluding hydrogens is 174 g/mol. The van der Waals surface area contributed by atoms with E-state index in [1.807, 2.05) is 17.5 Å². The quantitative estimate of drug-likeness (QED) is 0.435. The SMILES string of the molecule is [N-]=[N+]=NCCC(O)c1cccs1. The Morgan fingerprint density at radius 2 is 2.58 bits per heavy atom. The van der Waals surface area contributed by atoms with Gasteiger partial charge in [0.05, 0.1) is 6.10 Å². The fraction of sp³-hybridized carbons (Fsp3) is 0.429. The Kier molecular flexibility index (Phi) is 3.60. The van der Waals surface area contributed by atoms with Crippen molar-refractivity contribution in [3.63, 3.8) is 0 Å². The molecule has 64 valence electrons. The maximum absolute atomic E-state index is 9.46. The Labute approximate surface area is 74.1 Å². The van der Waals surface area contributed by atoms with Gasteiger partial charge in [-0.2, -0.15) is 0 Å². The first-order valence-electron chi connectivity index (χ1n) is 3.57. The van der Waals surface area contributed by atoms with Gasteiger partial charge in [-0.05, 0) is 23.4 Å². The molecule has 0 saturated carbocycles. The monoisotopic (exact) mass is 183 g/mol. The van der Waals surface area contributed by atoms with Crippen LogP contribution in [0.25, 0.3) is 10.4 Å². The molecule has 1 rings (SSSR count). The van der Waals surface area contributed by atoms with Crippen LogP contribution in [0.2, 0.25) is 0 Å². The van der Waals surface area contributed by atoms with Crippen LogP contribution in [0.5, 0.6) is 0 Å². The van der Waals surface area contributed by atoms with E-state index >= 15 is 0 Å². The molecule has 0 aliphatic carbocycles. The van der Waals surface area contributed by atoms with E-state index in [2.05, 4.69) is 10.0 Å². The van der Waals surface area contributed by atoms with Crippen molar-refractivity contribution in [2.75, 3.05) is 6.54 Å². The minimum Gasteiger partial charge on any atom is -0.388 e. The zero-order chi connectivity index (χ0) is 8.81. The van der Waals surface area contributed by atoms with E-state index in [0.29, 0.717) is 13.0 Å². The van der Waals surface area contributed by atoms with E-state index in [9.17, 15) is 5.11 Å². The third-order valence-corrected chi connectivity index (χ3v) is 2.41. The highest BCUT2D eigenvalue weighted by molar-refractivity contribution is 7.10. The Balaban J connectivity index is 2.39. The number of aliphatic hydroxyl groups excluding tert-OH is 1. The van der Waals surface area contributed by atoms with Crippen molar-refractivity contribution in [3.05, 3.63) is 32.8 Å². The summed E-state index contributed by atoms with van der Waals surface area (Å²) in [6, 6.07) is 3.75. The van der Waals surface area contributed by atoms with Crippen LogP contribution in [0.1, 0.15) is 17.4 Å². The fourth-order valence-corrected chi connectivity index (χ4v) is 1.59. The number of thiophene rings is 1. The number of azide groups is 1. The molecule has 0 spiro atoms. The Morgan fingerprint density at radius 1 is 1.75 bits per heavy atom. The minimum absolute atomic E-state index is 0.343. The van der Waals surface area contributed by atoms with Gasteiger partial charge in [-0.25, -0.2) is 0 Å². The van der Waals surface area contributed by atoms with Gasteiger partial charge in [0.25, 0.3) is 0 Å². The van der Waals surface area contributed by atoms with Crippen molar-refractivity contribution in [2.24, 2.45) is 5.11 Å². The van der Waals surface area contributed by atoms with Crippen LogP contribution in [0.4, 0.5) is 0 Å². The predicted molar refractivity (Wildman–Crippen MR) is 47.9 cm³/mol. The number of hydrogen-bond donors (Lipinski definition) is 1. The molecule has 0 aliphatic rings. The first-order chi connectivity index (χ1) is 5.84. The van der Waals surface area contributed by atoms with E-state index in [-0.39, 0.29) is 0 Å². The molecule has 1 heterocycles. The number of aliphatic hydroxyl groups is 1. The van der Waals surface area contributed by atoms with Gasteiger partial charge in [-0.3, -0.25) is 0 Å². The number of rotatable bonds is 4. The van der Waals surface area contributed by atoms with Crippen LogP contribution < -0.4 is 0 Å². The molecule has 12 heavy (non-hydrogen) atoms. The van der Waals surface area contributed by atoms with Crippen molar-refractivity contribution in [1.29, 1.82) is 0 Å². The lowest BCUT2D eigenvalue weighted by Crippen LogP contribution is -1.95. The second-order valence-electron chi connectivity index (χ2n) is 2.27. The van der Waals surface area contributed by atoms with Crippen LogP contribution in [-0.4, -0.2) is 11.7 Å². The molecular formula is C7H9N3OS. The standard InChI is InChI=1S/C7H9N3OS/c8-10-9-4-3-6(11)7-2-1-5-12-7/h1-2,5-6,11H,3-4H2. The van der Waals surface area contributed by atoms with E-state index in [1.54, 1.807) is 0 Å². The summed E-state index contributed by atoms with van der Waals surface area (Å²) in [5.41, 5.74) is 7.99. The van der Waals surface area contributed by atoms with Gasteiger partial charge in [0.15, 0.2) is 0 Å². The van der Waals surface area contributed by atoms with Gasteiger partial charge in [0.2, 0.25) is 0 Å². The normalized spacial score (nSPS) is 12.1. The molecule has 4 nitrogen and oxygen atoms in total. The minimum atomic E-state index is -0.490. The molecule has 5 heteroatoms. The zero-order valence-electron chi connectivity index (χ0n) is 6.42. The lowest BCUT2D eigenvalue weighted by molar-refractivity contribution is 0.174. The molecule has 1 aromatic heterocycles. The second-order valence-corrected chi connectivity index (χ2v) is 3.25. The largest absolute Gasteiger partial charge is 0.388 e. The fourth-order valence-electron chi connectivity index (χ4n) is 0.848. The van der Waals surface area contributed by atoms with Gasteiger partial charge in [-0.1, -0.05) is 11.2 Å². The number of hydrogen-bond acceptors (Lipinski definition) is 3. The Bertz CT molecular complexity index is 266. The smallest absolute Gasteiger partial charge is 0.0883 e. The van der Waals surface area contributed by atoms with Crippen molar-refractivity contribution in [2.45, 2.75) is 12.5 Å². The zero-order valence-corrected chi connectivity index (χ0v) is 7.24. The molecule has 1 N–H and O–H groups in total. The maximum atomic E-state index is 9.46. The molecule has 0 aromatic carbocycles. The van der Waals surface area contributed by atoms with E-state index in [0.717, 1.165) is 4.88 Å². The summed E-state index contributed by atoms with van der Waals surface area (Å²) in [5, 5.41) is 14.7. The van der Waals surface area contributed by atoms with Gasteiger partial charge in [-0.15, -0.1) is 11.3 Å². The maximum Gasteiger partial charge on any atom is 0.0883 e. The molecule has 0 fully saturated rings. The molecule has 0 radical (unpaired) electrons. The Morgan fingerprint density at radius 3 is 3.17 bits per heavy atom. The van der Waals surface area contributed by atoms with Crippen molar-refractivity contribution in [3.8, 4) is 0 Å². The van der Waals surface area contributed by atoms with Gasteiger partial charge >= 0.3 is 0 Å². The highest BCUT2D eigenvalue weighted by Crippen LogP contribution is 2.21. The first kappa shape index (κ1) is 9.06. The lowest BCUT2D eigenvalue weighted by Gasteiger charge is -2.04. The predicted octanol–water partition coefficient (Wildman–Crippen LogP) is 2.48. The Hall–Kier alpha value is -1.03. The topological polar surface area (TPSA) is 69.0 Å². The average molecular weight is 183 g/mol. The van der Waals surface area contributed by atoms with Crippen LogP contribution in [0.15, 0.2) is 22.6 Å². The molecule has 1 aromatic rings. The van der Waals surface area contributed by atoms with Crippen molar-refractivity contribution >= 4 is 11.3 Å². The summed E-state index contributed by atoms with van der Waals surface area (Å²) in [5.74, 6) is 0. The highest BCUT2D eigenvalue weighted by atomic mass is 32.1. The summed E-state index contributed by atoms with van der Waals surface area (Å²) in [6.45, 7) is 0.343. The first-order valence-corrected chi connectivity index (χ1v) is 4.45. The average Bonchev–Trinajstić information content (AvgIpc) is 2.56. The summed E-state index contributed by atoms with van der Waals surface area (Å²) < 4.78 is 0. The van der Waals surface area contributed by atoms with Crippen molar-refractivity contribution in [1.82, 2.24) is 0 Å². The molecule has 0 aliphatic heterocycles. The third kappa shape index (κ3) is 2.54. The molecule has 0 bridgehead atoms. The van der Waals surface area contributed by atoms with E-state index in [1.165, 1.54) is 11.3 Å². The molecule has 0 amide bonds. The molecule has 1 atom stereocenters. The van der Waals surface area contributed by atoms with E-state index < -0.39 is 6.10 Å². The van der Waals surface area contributed by atoms with Crippen molar-refractivity contribution < 1.29 is 5.11 Å². The van der Waals surface area contributed by atoms with Crippen LogP contribution in [0, 0.1) is 0 Å². The molecule has 0 saturated heterocycles. The highest BCUT2D eigenvalue weighted by Gasteiger charge is 2.06. The van der Waals surface area contributed by atoms with E-state index in [4.69, 9.17) is 5.53 Å². The van der Waals surface area contributed by atoms with Crippen LogP contribution in [0.3, 0.4) is 0 Å².